The molecule has 1 rings (SSSR count). The highest BCUT2D eigenvalue weighted by Crippen LogP contribution is 2.36. The molecule has 0 bridgehead atoms. The smallest absolute Gasteiger partial charge is 0.213 e. The van der Waals surface area contributed by atoms with Gasteiger partial charge in [-0.3, -0.25) is 4.79 Å². The summed E-state index contributed by atoms with van der Waals surface area (Å²) in [6.45, 7) is 6.16. The summed E-state index contributed by atoms with van der Waals surface area (Å²) in [6, 6.07) is 0. The highest BCUT2D eigenvalue weighted by Gasteiger charge is 2.21. The van der Waals surface area contributed by atoms with E-state index in [-0.39, 0.29) is 5.41 Å². The molecule has 0 aromatic carbocycles. The molecule has 0 aliphatic carbocycles. The van der Waals surface area contributed by atoms with Gasteiger partial charge in [0.25, 0.3) is 0 Å². The van der Waals surface area contributed by atoms with E-state index < -0.39 is 0 Å². The fourth-order valence-corrected chi connectivity index (χ4v) is 2.28. The van der Waals surface area contributed by atoms with E-state index in [4.69, 9.17) is 11.6 Å². The first-order valence-corrected chi connectivity index (χ1v) is 5.01. The second-order valence-corrected chi connectivity index (χ2v) is 5.01. The highest BCUT2D eigenvalue weighted by atomic mass is 35.5. The number of anilines is 1. The second-order valence-electron chi connectivity index (χ2n) is 3.65. The molecule has 1 aromatic rings. The summed E-state index contributed by atoms with van der Waals surface area (Å²) in [5.41, 5.74) is -0.0302. The van der Waals surface area contributed by atoms with E-state index in [1.54, 1.807) is 0 Å². The lowest BCUT2D eigenvalue weighted by Gasteiger charge is -2.15. The minimum Gasteiger partial charge on any atom is -0.305 e. The van der Waals surface area contributed by atoms with Crippen LogP contribution in [0.4, 0.5) is 5.13 Å². The van der Waals surface area contributed by atoms with Gasteiger partial charge in [0.2, 0.25) is 6.41 Å². The van der Waals surface area contributed by atoms with Gasteiger partial charge in [-0.15, -0.1) is 0 Å². The predicted octanol–water partition coefficient (Wildman–Crippen LogP) is 2.66. The van der Waals surface area contributed by atoms with E-state index in [9.17, 15) is 4.79 Å². The molecule has 0 spiro atoms. The van der Waals surface area contributed by atoms with E-state index in [0.29, 0.717) is 16.7 Å². The van der Waals surface area contributed by atoms with Crippen LogP contribution in [0.2, 0.25) is 5.15 Å². The second kappa shape index (κ2) is 3.64. The summed E-state index contributed by atoms with van der Waals surface area (Å²) in [7, 11) is 0. The number of hydrogen-bond donors (Lipinski definition) is 1. The Bertz CT molecular complexity index is 316. The summed E-state index contributed by atoms with van der Waals surface area (Å²) >= 11 is 7.31. The first-order valence-electron chi connectivity index (χ1n) is 3.82. The molecule has 72 valence electrons. The van der Waals surface area contributed by atoms with Crippen molar-refractivity contribution in [3.8, 4) is 0 Å². The monoisotopic (exact) mass is 218 g/mol. The van der Waals surface area contributed by atoms with Gasteiger partial charge in [-0.25, -0.2) is 4.98 Å². The molecule has 0 aliphatic rings. The van der Waals surface area contributed by atoms with Crippen molar-refractivity contribution in [2.45, 2.75) is 26.2 Å². The van der Waals surface area contributed by atoms with E-state index in [2.05, 4.69) is 31.1 Å². The lowest BCUT2D eigenvalue weighted by atomic mass is 9.95. The standard InChI is InChI=1S/C8H11ClN2OS/c1-8(2,3)5-6(9)11-7(13-5)10-4-12/h4H,1-3H3,(H,10,11,12). The number of carbonyl (C=O) groups is 1. The van der Waals surface area contributed by atoms with Crippen molar-refractivity contribution in [3.05, 3.63) is 10.0 Å². The number of rotatable bonds is 2. The van der Waals surface area contributed by atoms with Crippen molar-refractivity contribution >= 4 is 34.5 Å². The van der Waals surface area contributed by atoms with Crippen LogP contribution in [0.15, 0.2) is 0 Å². The van der Waals surface area contributed by atoms with Crippen molar-refractivity contribution < 1.29 is 4.79 Å². The number of hydrogen-bond acceptors (Lipinski definition) is 3. The van der Waals surface area contributed by atoms with E-state index in [1.807, 2.05) is 0 Å². The first kappa shape index (κ1) is 10.5. The SMILES string of the molecule is CC(C)(C)c1sc(NC=O)nc1Cl. The Morgan fingerprint density at radius 1 is 1.54 bits per heavy atom. The van der Waals surface area contributed by atoms with Crippen LogP contribution >= 0.6 is 22.9 Å². The molecule has 5 heteroatoms. The maximum Gasteiger partial charge on any atom is 0.213 e. The van der Waals surface area contributed by atoms with Crippen molar-refractivity contribution in [1.82, 2.24) is 4.98 Å². The maximum absolute atomic E-state index is 10.2. The molecular weight excluding hydrogens is 208 g/mol. The van der Waals surface area contributed by atoms with Gasteiger partial charge in [-0.2, -0.15) is 0 Å². The molecule has 0 atom stereocenters. The Morgan fingerprint density at radius 3 is 2.54 bits per heavy atom. The van der Waals surface area contributed by atoms with Crippen molar-refractivity contribution in [1.29, 1.82) is 0 Å². The molecule has 0 saturated carbocycles. The maximum atomic E-state index is 10.2. The van der Waals surface area contributed by atoms with Gasteiger partial charge in [0.05, 0.1) is 4.88 Å². The molecule has 1 aromatic heterocycles. The van der Waals surface area contributed by atoms with Gasteiger partial charge >= 0.3 is 0 Å². The van der Waals surface area contributed by atoms with Crippen LogP contribution in [-0.4, -0.2) is 11.4 Å². The third kappa shape index (κ3) is 2.42. The summed E-state index contributed by atoms with van der Waals surface area (Å²) in [5, 5.41) is 3.50. The van der Waals surface area contributed by atoms with Gasteiger partial charge in [0, 0.05) is 0 Å². The first-order chi connectivity index (χ1) is 5.95. The normalized spacial score (nSPS) is 11.4. The number of aromatic nitrogens is 1. The van der Waals surface area contributed by atoms with Crippen molar-refractivity contribution in [2.24, 2.45) is 0 Å². The Hall–Kier alpha value is -0.610. The van der Waals surface area contributed by atoms with Crippen LogP contribution in [-0.2, 0) is 10.2 Å². The number of halogens is 1. The average molecular weight is 219 g/mol. The van der Waals surface area contributed by atoms with Crippen molar-refractivity contribution in [2.75, 3.05) is 5.32 Å². The third-order valence-corrected chi connectivity index (χ3v) is 3.25. The quantitative estimate of drug-likeness (QED) is 0.776. The highest BCUT2D eigenvalue weighted by molar-refractivity contribution is 7.16. The number of nitrogens with one attached hydrogen (secondary N) is 1. The van der Waals surface area contributed by atoms with Gasteiger partial charge in [-0.1, -0.05) is 43.7 Å². The fourth-order valence-electron chi connectivity index (χ4n) is 0.876. The van der Waals surface area contributed by atoms with Gasteiger partial charge < -0.3 is 5.32 Å². The molecule has 0 unspecified atom stereocenters. The topological polar surface area (TPSA) is 42.0 Å². The van der Waals surface area contributed by atoms with Gasteiger partial charge in [-0.05, 0) is 5.41 Å². The Labute approximate surface area is 86.1 Å². The molecule has 13 heavy (non-hydrogen) atoms. The predicted molar refractivity (Wildman–Crippen MR) is 55.5 cm³/mol. The van der Waals surface area contributed by atoms with Crippen LogP contribution in [0.1, 0.15) is 25.6 Å². The van der Waals surface area contributed by atoms with Crippen LogP contribution in [0, 0.1) is 0 Å². The van der Waals surface area contributed by atoms with Crippen molar-refractivity contribution in [3.63, 3.8) is 0 Å². The largest absolute Gasteiger partial charge is 0.305 e. The zero-order chi connectivity index (χ0) is 10.1. The number of carbonyl (C=O) groups excluding carboxylic acids is 1. The summed E-state index contributed by atoms with van der Waals surface area (Å²) in [6.07, 6.45) is 0.599. The van der Waals surface area contributed by atoms with E-state index >= 15 is 0 Å². The molecule has 3 nitrogen and oxygen atoms in total. The lowest BCUT2D eigenvalue weighted by Crippen LogP contribution is -2.08. The van der Waals surface area contributed by atoms with Gasteiger partial charge in [0.15, 0.2) is 5.13 Å². The molecule has 0 radical (unpaired) electrons. The Kier molecular flexibility index (Phi) is 2.93. The minimum atomic E-state index is -0.0302. The lowest BCUT2D eigenvalue weighted by molar-refractivity contribution is -0.105. The van der Waals surface area contributed by atoms with E-state index in [0.717, 1.165) is 4.88 Å². The molecular formula is C8H11ClN2OS. The Balaban J connectivity index is 3.03. The zero-order valence-electron chi connectivity index (χ0n) is 7.72. The van der Waals surface area contributed by atoms with Gasteiger partial charge in [0.1, 0.15) is 5.15 Å². The molecule has 1 heterocycles. The summed E-state index contributed by atoms with van der Waals surface area (Å²) in [4.78, 5) is 15.2. The van der Waals surface area contributed by atoms with Crippen LogP contribution in [0.5, 0.6) is 0 Å². The summed E-state index contributed by atoms with van der Waals surface area (Å²) < 4.78 is 0. The number of nitrogens with zero attached hydrogens (tertiary/aromatic N) is 1. The van der Waals surface area contributed by atoms with Crippen LogP contribution < -0.4 is 5.32 Å². The number of amides is 1. The third-order valence-electron chi connectivity index (χ3n) is 1.45. The zero-order valence-corrected chi connectivity index (χ0v) is 9.29. The molecule has 0 saturated heterocycles. The minimum absolute atomic E-state index is 0.0302. The molecule has 1 N–H and O–H groups in total. The molecule has 0 fully saturated rings. The van der Waals surface area contributed by atoms with Crippen LogP contribution in [0.25, 0.3) is 0 Å². The Morgan fingerprint density at radius 2 is 2.15 bits per heavy atom. The molecule has 0 aliphatic heterocycles. The summed E-state index contributed by atoms with van der Waals surface area (Å²) in [5.74, 6) is 0. The molecule has 1 amide bonds. The van der Waals surface area contributed by atoms with Crippen LogP contribution in [0.3, 0.4) is 0 Å². The van der Waals surface area contributed by atoms with E-state index in [1.165, 1.54) is 11.3 Å². The number of thiazole rings is 1. The average Bonchev–Trinajstić information content (AvgIpc) is 2.30. The fraction of sp³-hybridized carbons (Fsp3) is 0.500.